The highest BCUT2D eigenvalue weighted by atomic mass is 16.4. The second-order valence-electron chi connectivity index (χ2n) is 5.78. The molecular weight excluding hydrogens is 320 g/mol. The van der Waals surface area contributed by atoms with E-state index in [0.29, 0.717) is 5.69 Å². The molecule has 0 radical (unpaired) electrons. The lowest BCUT2D eigenvalue weighted by atomic mass is 10.0. The van der Waals surface area contributed by atoms with Crippen LogP contribution in [0.4, 0.5) is 5.69 Å². The van der Waals surface area contributed by atoms with Gasteiger partial charge in [-0.3, -0.25) is 9.59 Å². The van der Waals surface area contributed by atoms with E-state index in [9.17, 15) is 19.5 Å². The Bertz CT molecular complexity index is 802. The maximum absolute atomic E-state index is 12.5. The summed E-state index contributed by atoms with van der Waals surface area (Å²) in [6.07, 6.45) is 0.172. The Labute approximate surface area is 145 Å². The summed E-state index contributed by atoms with van der Waals surface area (Å²) in [6, 6.07) is 12.9. The fourth-order valence-electron chi connectivity index (χ4n) is 2.49. The van der Waals surface area contributed by atoms with Crippen molar-refractivity contribution in [2.75, 3.05) is 5.32 Å². The molecule has 0 fully saturated rings. The molecule has 0 saturated carbocycles. The van der Waals surface area contributed by atoms with Gasteiger partial charge in [0, 0.05) is 13.3 Å². The zero-order chi connectivity index (χ0) is 18.4. The van der Waals surface area contributed by atoms with Crippen molar-refractivity contribution in [3.05, 3.63) is 65.2 Å². The topological polar surface area (TPSA) is 95.5 Å². The van der Waals surface area contributed by atoms with Crippen LogP contribution in [0.25, 0.3) is 0 Å². The number of amides is 2. The molecule has 1 atom stereocenters. The molecule has 2 aromatic carbocycles. The largest absolute Gasteiger partial charge is 0.480 e. The monoisotopic (exact) mass is 340 g/mol. The van der Waals surface area contributed by atoms with Crippen LogP contribution >= 0.6 is 0 Å². The zero-order valence-electron chi connectivity index (χ0n) is 14.1. The van der Waals surface area contributed by atoms with Gasteiger partial charge >= 0.3 is 5.97 Å². The maximum Gasteiger partial charge on any atom is 0.326 e. The van der Waals surface area contributed by atoms with Gasteiger partial charge in [-0.05, 0) is 24.6 Å². The number of hydrogen-bond acceptors (Lipinski definition) is 3. The highest BCUT2D eigenvalue weighted by molar-refractivity contribution is 6.04. The Morgan fingerprint density at radius 2 is 1.80 bits per heavy atom. The van der Waals surface area contributed by atoms with E-state index in [0.717, 1.165) is 11.1 Å². The highest BCUT2D eigenvalue weighted by Crippen LogP contribution is 2.15. The van der Waals surface area contributed by atoms with Crippen LogP contribution in [0.2, 0.25) is 0 Å². The molecule has 2 aromatic rings. The molecule has 25 heavy (non-hydrogen) atoms. The Morgan fingerprint density at radius 1 is 1.08 bits per heavy atom. The maximum atomic E-state index is 12.5. The number of carbonyl (C=O) groups excluding carboxylic acids is 2. The number of anilines is 1. The van der Waals surface area contributed by atoms with Crippen LogP contribution < -0.4 is 10.6 Å². The van der Waals surface area contributed by atoms with Crippen LogP contribution in [0, 0.1) is 6.92 Å². The normalized spacial score (nSPS) is 11.4. The second kappa shape index (κ2) is 8.10. The van der Waals surface area contributed by atoms with Crippen molar-refractivity contribution < 1.29 is 19.5 Å². The van der Waals surface area contributed by atoms with Gasteiger partial charge in [0.25, 0.3) is 5.91 Å². The van der Waals surface area contributed by atoms with Crippen LogP contribution in [0.1, 0.15) is 28.4 Å². The van der Waals surface area contributed by atoms with Gasteiger partial charge in [-0.25, -0.2) is 4.79 Å². The number of aliphatic carboxylic acids is 1. The lowest BCUT2D eigenvalue weighted by Crippen LogP contribution is -2.42. The van der Waals surface area contributed by atoms with Crippen molar-refractivity contribution in [1.82, 2.24) is 5.32 Å². The molecule has 2 rings (SSSR count). The Kier molecular flexibility index (Phi) is 5.89. The average molecular weight is 340 g/mol. The molecule has 0 spiro atoms. The molecule has 0 heterocycles. The van der Waals surface area contributed by atoms with Gasteiger partial charge in [0.05, 0.1) is 11.3 Å². The standard InChI is InChI=1S/C19H20N2O4/c1-12-6-5-7-14(10-12)11-17(19(24)25)21-18(23)15-8-3-4-9-16(15)20-13(2)22/h3-10,17H,11H2,1-2H3,(H,20,22)(H,21,23)(H,24,25)/t17-/m1/s1. The summed E-state index contributed by atoms with van der Waals surface area (Å²) >= 11 is 0. The molecular formula is C19H20N2O4. The summed E-state index contributed by atoms with van der Waals surface area (Å²) in [5.74, 6) is -1.98. The Balaban J connectivity index is 2.18. The number of rotatable bonds is 6. The highest BCUT2D eigenvalue weighted by Gasteiger charge is 2.22. The Hall–Kier alpha value is -3.15. The summed E-state index contributed by atoms with van der Waals surface area (Å²) < 4.78 is 0. The lowest BCUT2D eigenvalue weighted by Gasteiger charge is -2.16. The lowest BCUT2D eigenvalue weighted by molar-refractivity contribution is -0.139. The first-order valence-electron chi connectivity index (χ1n) is 7.82. The summed E-state index contributed by atoms with van der Waals surface area (Å²) in [4.78, 5) is 35.3. The van der Waals surface area contributed by atoms with Crippen molar-refractivity contribution in [1.29, 1.82) is 0 Å². The van der Waals surface area contributed by atoms with Gasteiger partial charge in [-0.2, -0.15) is 0 Å². The van der Waals surface area contributed by atoms with E-state index in [1.54, 1.807) is 18.2 Å². The third kappa shape index (κ3) is 5.17. The van der Waals surface area contributed by atoms with E-state index >= 15 is 0 Å². The fourth-order valence-corrected chi connectivity index (χ4v) is 2.49. The van der Waals surface area contributed by atoms with Crippen LogP contribution in [0.15, 0.2) is 48.5 Å². The van der Waals surface area contributed by atoms with E-state index in [1.807, 2.05) is 31.2 Å². The predicted molar refractivity (Wildman–Crippen MR) is 94.5 cm³/mol. The molecule has 0 aliphatic rings. The fraction of sp³-hybridized carbons (Fsp3) is 0.211. The van der Waals surface area contributed by atoms with Gasteiger partial charge < -0.3 is 15.7 Å². The molecule has 0 aliphatic carbocycles. The zero-order valence-corrected chi connectivity index (χ0v) is 14.1. The van der Waals surface area contributed by atoms with Crippen LogP contribution in [-0.2, 0) is 16.0 Å². The third-order valence-electron chi connectivity index (χ3n) is 3.61. The van der Waals surface area contributed by atoms with E-state index < -0.39 is 17.9 Å². The number of carbonyl (C=O) groups is 3. The minimum atomic E-state index is -1.12. The number of nitrogens with one attached hydrogen (secondary N) is 2. The molecule has 0 bridgehead atoms. The first kappa shape index (κ1) is 18.2. The Morgan fingerprint density at radius 3 is 2.44 bits per heavy atom. The molecule has 0 aromatic heterocycles. The van der Waals surface area contributed by atoms with E-state index in [2.05, 4.69) is 10.6 Å². The summed E-state index contributed by atoms with van der Waals surface area (Å²) in [5, 5.41) is 14.5. The van der Waals surface area contributed by atoms with Gasteiger partial charge in [0.15, 0.2) is 0 Å². The van der Waals surface area contributed by atoms with Crippen molar-refractivity contribution in [2.45, 2.75) is 26.3 Å². The van der Waals surface area contributed by atoms with Crippen molar-refractivity contribution in [3.63, 3.8) is 0 Å². The molecule has 6 nitrogen and oxygen atoms in total. The quantitative estimate of drug-likeness (QED) is 0.752. The van der Waals surface area contributed by atoms with Crippen molar-refractivity contribution in [2.24, 2.45) is 0 Å². The van der Waals surface area contributed by atoms with Gasteiger partial charge in [-0.1, -0.05) is 42.0 Å². The number of carboxylic acids is 1. The summed E-state index contributed by atoms with van der Waals surface area (Å²) in [6.45, 7) is 3.26. The molecule has 0 saturated heterocycles. The van der Waals surface area contributed by atoms with Crippen LogP contribution in [-0.4, -0.2) is 28.9 Å². The SMILES string of the molecule is CC(=O)Nc1ccccc1C(=O)N[C@H](Cc1cccc(C)c1)C(=O)O. The molecule has 2 amide bonds. The first-order valence-corrected chi connectivity index (χ1v) is 7.82. The van der Waals surface area contributed by atoms with Gasteiger partial charge in [0.2, 0.25) is 5.91 Å². The third-order valence-corrected chi connectivity index (χ3v) is 3.61. The first-order chi connectivity index (χ1) is 11.9. The van der Waals surface area contributed by atoms with Crippen molar-refractivity contribution in [3.8, 4) is 0 Å². The number of hydrogen-bond donors (Lipinski definition) is 3. The number of para-hydroxylation sites is 1. The average Bonchev–Trinajstić information content (AvgIpc) is 2.54. The predicted octanol–water partition coefficient (Wildman–Crippen LogP) is 2.38. The minimum Gasteiger partial charge on any atom is -0.480 e. The number of benzene rings is 2. The number of carboxylic acid groups (broad SMARTS) is 1. The second-order valence-corrected chi connectivity index (χ2v) is 5.78. The molecule has 130 valence electrons. The molecule has 0 aliphatic heterocycles. The van der Waals surface area contributed by atoms with E-state index in [4.69, 9.17) is 0 Å². The molecule has 6 heteroatoms. The van der Waals surface area contributed by atoms with Crippen LogP contribution in [0.3, 0.4) is 0 Å². The van der Waals surface area contributed by atoms with Gasteiger partial charge in [0.1, 0.15) is 6.04 Å². The number of aryl methyl sites for hydroxylation is 1. The van der Waals surface area contributed by atoms with Gasteiger partial charge in [-0.15, -0.1) is 0 Å². The smallest absolute Gasteiger partial charge is 0.326 e. The van der Waals surface area contributed by atoms with Crippen LogP contribution in [0.5, 0.6) is 0 Å². The molecule has 0 unspecified atom stereocenters. The summed E-state index contributed by atoms with van der Waals surface area (Å²) in [5.41, 5.74) is 2.40. The summed E-state index contributed by atoms with van der Waals surface area (Å²) in [7, 11) is 0. The molecule has 3 N–H and O–H groups in total. The van der Waals surface area contributed by atoms with E-state index in [1.165, 1.54) is 13.0 Å². The minimum absolute atomic E-state index is 0.172. The van der Waals surface area contributed by atoms with Crippen molar-refractivity contribution >= 4 is 23.5 Å². The van der Waals surface area contributed by atoms with E-state index in [-0.39, 0.29) is 17.9 Å².